The first-order valence-electron chi connectivity index (χ1n) is 4.71. The van der Waals surface area contributed by atoms with E-state index in [1.807, 2.05) is 20.8 Å². The summed E-state index contributed by atoms with van der Waals surface area (Å²) in [6, 6.07) is 0. The Hall–Kier alpha value is -0.940. The van der Waals surface area contributed by atoms with Gasteiger partial charge in [0.05, 0.1) is 0 Å². The summed E-state index contributed by atoms with van der Waals surface area (Å²) in [5, 5.41) is 4.60. The number of nitrogens with zero attached hydrogens (tertiary/aromatic N) is 3. The van der Waals surface area contributed by atoms with Gasteiger partial charge in [0.15, 0.2) is 0 Å². The molecule has 0 saturated carbocycles. The Balaban J connectivity index is 2.77. The lowest BCUT2D eigenvalue weighted by Gasteiger charge is -2.33. The molecule has 88 valence electrons. The summed E-state index contributed by atoms with van der Waals surface area (Å²) in [5.41, 5.74) is -0.194. The van der Waals surface area contributed by atoms with Gasteiger partial charge in [-0.3, -0.25) is 5.01 Å². The van der Waals surface area contributed by atoms with E-state index in [9.17, 15) is 13.2 Å². The SMILES string of the molecule is CN1N=CN(CC(C)(C)C)C1C(F)(F)F. The molecule has 0 amide bonds. The van der Waals surface area contributed by atoms with Crippen molar-refractivity contribution in [2.45, 2.75) is 33.1 Å². The highest BCUT2D eigenvalue weighted by molar-refractivity contribution is 5.57. The molecule has 1 rings (SSSR count). The fourth-order valence-corrected chi connectivity index (χ4v) is 1.56. The zero-order valence-electron chi connectivity index (χ0n) is 9.34. The maximum Gasteiger partial charge on any atom is 0.429 e. The van der Waals surface area contributed by atoms with Crippen molar-refractivity contribution in [3.05, 3.63) is 0 Å². The van der Waals surface area contributed by atoms with Crippen LogP contribution in [-0.4, -0.2) is 42.2 Å². The normalized spacial score (nSPS) is 22.7. The summed E-state index contributed by atoms with van der Waals surface area (Å²) < 4.78 is 38.0. The summed E-state index contributed by atoms with van der Waals surface area (Å²) in [7, 11) is 1.33. The van der Waals surface area contributed by atoms with Crippen molar-refractivity contribution in [3.8, 4) is 0 Å². The van der Waals surface area contributed by atoms with Gasteiger partial charge in [-0.05, 0) is 5.41 Å². The lowest BCUT2D eigenvalue weighted by atomic mass is 9.96. The van der Waals surface area contributed by atoms with Gasteiger partial charge in [0, 0.05) is 13.6 Å². The Labute approximate surface area is 87.5 Å². The molecule has 0 aliphatic carbocycles. The van der Waals surface area contributed by atoms with Crippen LogP contribution < -0.4 is 0 Å². The monoisotopic (exact) mass is 223 g/mol. The van der Waals surface area contributed by atoms with Crippen LogP contribution >= 0.6 is 0 Å². The van der Waals surface area contributed by atoms with Crippen LogP contribution in [0.5, 0.6) is 0 Å². The van der Waals surface area contributed by atoms with Crippen molar-refractivity contribution < 1.29 is 13.2 Å². The van der Waals surface area contributed by atoms with E-state index in [0.29, 0.717) is 6.54 Å². The first-order chi connectivity index (χ1) is 6.61. The zero-order chi connectivity index (χ0) is 11.9. The fraction of sp³-hybridized carbons (Fsp3) is 0.889. The Morgan fingerprint density at radius 2 is 1.80 bits per heavy atom. The number of alkyl halides is 3. The van der Waals surface area contributed by atoms with Gasteiger partial charge in [0.1, 0.15) is 6.34 Å². The van der Waals surface area contributed by atoms with Crippen molar-refractivity contribution >= 4 is 6.34 Å². The van der Waals surface area contributed by atoms with Crippen LogP contribution in [0.4, 0.5) is 13.2 Å². The molecular formula is C9H16F3N3. The third-order valence-electron chi connectivity index (χ3n) is 2.00. The Morgan fingerprint density at radius 1 is 1.27 bits per heavy atom. The highest BCUT2D eigenvalue weighted by Gasteiger charge is 2.48. The van der Waals surface area contributed by atoms with E-state index in [1.54, 1.807) is 0 Å². The van der Waals surface area contributed by atoms with Crippen molar-refractivity contribution in [1.82, 2.24) is 9.91 Å². The average Bonchev–Trinajstić information content (AvgIpc) is 2.25. The number of hydrazone groups is 1. The molecule has 0 aromatic heterocycles. The second kappa shape index (κ2) is 3.57. The molecule has 1 heterocycles. The maximum atomic E-state index is 12.7. The van der Waals surface area contributed by atoms with E-state index in [1.165, 1.54) is 18.3 Å². The largest absolute Gasteiger partial charge is 0.429 e. The fourth-order valence-electron chi connectivity index (χ4n) is 1.56. The van der Waals surface area contributed by atoms with Crippen molar-refractivity contribution in [1.29, 1.82) is 0 Å². The van der Waals surface area contributed by atoms with Gasteiger partial charge in [0.2, 0.25) is 6.17 Å². The summed E-state index contributed by atoms with van der Waals surface area (Å²) in [5.74, 6) is 0. The molecule has 0 N–H and O–H groups in total. The minimum Gasteiger partial charge on any atom is -0.331 e. The molecule has 0 saturated heterocycles. The maximum absolute atomic E-state index is 12.7. The number of hydrogen-bond acceptors (Lipinski definition) is 3. The second-order valence-electron chi connectivity index (χ2n) is 4.95. The van der Waals surface area contributed by atoms with E-state index < -0.39 is 12.3 Å². The molecular weight excluding hydrogens is 207 g/mol. The molecule has 1 aliphatic heterocycles. The molecule has 0 bridgehead atoms. The lowest BCUT2D eigenvalue weighted by Crippen LogP contribution is -2.51. The van der Waals surface area contributed by atoms with E-state index in [0.717, 1.165) is 5.01 Å². The van der Waals surface area contributed by atoms with Gasteiger partial charge in [-0.25, -0.2) is 0 Å². The minimum absolute atomic E-state index is 0.194. The van der Waals surface area contributed by atoms with Crippen LogP contribution in [0, 0.1) is 5.41 Å². The molecule has 6 heteroatoms. The van der Waals surface area contributed by atoms with Crippen LogP contribution in [0.3, 0.4) is 0 Å². The zero-order valence-corrected chi connectivity index (χ0v) is 9.34. The quantitative estimate of drug-likeness (QED) is 0.678. The van der Waals surface area contributed by atoms with E-state index in [2.05, 4.69) is 5.10 Å². The Kier molecular flexibility index (Phi) is 2.89. The molecule has 15 heavy (non-hydrogen) atoms. The van der Waals surface area contributed by atoms with Gasteiger partial charge >= 0.3 is 6.18 Å². The number of hydrogen-bond donors (Lipinski definition) is 0. The molecule has 0 spiro atoms. The van der Waals surface area contributed by atoms with E-state index >= 15 is 0 Å². The summed E-state index contributed by atoms with van der Waals surface area (Å²) in [4.78, 5) is 1.22. The van der Waals surface area contributed by atoms with Gasteiger partial charge in [-0.2, -0.15) is 18.3 Å². The Bertz CT molecular complexity index is 254. The Morgan fingerprint density at radius 3 is 2.20 bits per heavy atom. The molecule has 0 fully saturated rings. The predicted octanol–water partition coefficient (Wildman–Crippen LogP) is 2.11. The molecule has 3 nitrogen and oxygen atoms in total. The topological polar surface area (TPSA) is 18.8 Å². The first-order valence-corrected chi connectivity index (χ1v) is 4.71. The van der Waals surface area contributed by atoms with Gasteiger partial charge in [0.25, 0.3) is 0 Å². The second-order valence-corrected chi connectivity index (χ2v) is 4.95. The molecule has 0 aromatic carbocycles. The van der Waals surface area contributed by atoms with Crippen LogP contribution in [0.15, 0.2) is 5.10 Å². The molecule has 0 aromatic rings. The standard InChI is InChI=1S/C9H16F3N3/c1-8(2,3)5-15-6-13-14(4)7(15)9(10,11)12/h6-7H,5H2,1-4H3. The molecule has 0 radical (unpaired) electrons. The van der Waals surface area contributed by atoms with Crippen LogP contribution in [0.1, 0.15) is 20.8 Å². The highest BCUT2D eigenvalue weighted by atomic mass is 19.4. The summed E-state index contributed by atoms with van der Waals surface area (Å²) >= 11 is 0. The number of halogens is 3. The first kappa shape index (κ1) is 12.1. The lowest BCUT2D eigenvalue weighted by molar-refractivity contribution is -0.205. The summed E-state index contributed by atoms with van der Waals surface area (Å²) in [6.45, 7) is 6.01. The average molecular weight is 223 g/mol. The van der Waals surface area contributed by atoms with Crippen molar-refractivity contribution in [2.75, 3.05) is 13.6 Å². The van der Waals surface area contributed by atoms with Crippen LogP contribution in [-0.2, 0) is 0 Å². The number of rotatable bonds is 1. The van der Waals surface area contributed by atoms with Gasteiger partial charge < -0.3 is 4.90 Å². The van der Waals surface area contributed by atoms with Crippen LogP contribution in [0.25, 0.3) is 0 Å². The summed E-state index contributed by atoms with van der Waals surface area (Å²) in [6.07, 6.45) is -4.66. The molecule has 1 aliphatic rings. The van der Waals surface area contributed by atoms with E-state index in [-0.39, 0.29) is 5.41 Å². The minimum atomic E-state index is -4.28. The van der Waals surface area contributed by atoms with E-state index in [4.69, 9.17) is 0 Å². The van der Waals surface area contributed by atoms with Crippen molar-refractivity contribution in [3.63, 3.8) is 0 Å². The third kappa shape index (κ3) is 3.00. The van der Waals surface area contributed by atoms with Gasteiger partial charge in [-0.1, -0.05) is 20.8 Å². The predicted molar refractivity (Wildman–Crippen MR) is 52.3 cm³/mol. The molecule has 1 unspecified atom stereocenters. The molecule has 1 atom stereocenters. The smallest absolute Gasteiger partial charge is 0.331 e. The van der Waals surface area contributed by atoms with Crippen molar-refractivity contribution in [2.24, 2.45) is 10.5 Å². The highest BCUT2D eigenvalue weighted by Crippen LogP contribution is 2.31. The third-order valence-corrected chi connectivity index (χ3v) is 2.00. The van der Waals surface area contributed by atoms with Gasteiger partial charge in [-0.15, -0.1) is 0 Å². The van der Waals surface area contributed by atoms with Crippen LogP contribution in [0.2, 0.25) is 0 Å².